The monoisotopic (exact) mass is 287 g/mol. The summed E-state index contributed by atoms with van der Waals surface area (Å²) in [5, 5.41) is 4.41. The first-order chi connectivity index (χ1) is 9.72. The van der Waals surface area contributed by atoms with Crippen molar-refractivity contribution < 1.29 is 0 Å². The third kappa shape index (κ3) is 3.35. The molecule has 2 aromatic rings. The predicted molar refractivity (Wildman–Crippen MR) is 80.5 cm³/mol. The molecular formula is C16H18ClN3. The van der Waals surface area contributed by atoms with Crippen LogP contribution in [0.1, 0.15) is 36.0 Å². The van der Waals surface area contributed by atoms with Gasteiger partial charge >= 0.3 is 0 Å². The zero-order valence-corrected chi connectivity index (χ0v) is 12.3. The summed E-state index contributed by atoms with van der Waals surface area (Å²) in [7, 11) is 0. The lowest BCUT2D eigenvalue weighted by Gasteiger charge is -2.18. The van der Waals surface area contributed by atoms with Crippen molar-refractivity contribution in [3.63, 3.8) is 0 Å². The molecule has 1 aromatic heterocycles. The maximum atomic E-state index is 5.96. The van der Waals surface area contributed by atoms with Crippen LogP contribution in [0.5, 0.6) is 0 Å². The van der Waals surface area contributed by atoms with Crippen molar-refractivity contribution in [1.82, 2.24) is 15.3 Å². The minimum absolute atomic E-state index is 0.391. The normalized spacial score (nSPS) is 16.1. The number of hydrogen-bond acceptors (Lipinski definition) is 3. The summed E-state index contributed by atoms with van der Waals surface area (Å²) in [4.78, 5) is 8.57. The molecule has 0 bridgehead atoms. The molecule has 3 rings (SSSR count). The summed E-state index contributed by atoms with van der Waals surface area (Å²) in [5.41, 5.74) is 2.35. The Morgan fingerprint density at radius 2 is 2.00 bits per heavy atom. The highest BCUT2D eigenvalue weighted by atomic mass is 35.5. The molecule has 3 nitrogen and oxygen atoms in total. The van der Waals surface area contributed by atoms with Gasteiger partial charge in [-0.1, -0.05) is 23.7 Å². The maximum absolute atomic E-state index is 5.96. The van der Waals surface area contributed by atoms with Gasteiger partial charge in [0.05, 0.1) is 5.69 Å². The van der Waals surface area contributed by atoms with Crippen LogP contribution >= 0.6 is 11.6 Å². The predicted octanol–water partition coefficient (Wildman–Crippen LogP) is 3.68. The van der Waals surface area contributed by atoms with Crippen LogP contribution in [0.2, 0.25) is 5.02 Å². The fourth-order valence-corrected chi connectivity index (χ4v) is 2.60. The van der Waals surface area contributed by atoms with Crippen LogP contribution in [0.4, 0.5) is 0 Å². The Morgan fingerprint density at radius 1 is 1.25 bits per heavy atom. The Bertz CT molecular complexity index is 579. The van der Waals surface area contributed by atoms with E-state index in [1.54, 1.807) is 0 Å². The second kappa shape index (κ2) is 5.90. The fourth-order valence-electron chi connectivity index (χ4n) is 2.47. The number of nitrogens with zero attached hydrogens (tertiary/aromatic N) is 2. The number of rotatable bonds is 5. The van der Waals surface area contributed by atoms with Crippen molar-refractivity contribution in [2.45, 2.75) is 32.4 Å². The average Bonchev–Trinajstić information content (AvgIpc) is 3.26. The second-order valence-electron chi connectivity index (χ2n) is 5.34. The van der Waals surface area contributed by atoms with E-state index in [1.807, 2.05) is 31.3 Å². The van der Waals surface area contributed by atoms with Crippen molar-refractivity contribution in [2.24, 2.45) is 5.92 Å². The molecule has 0 spiro atoms. The lowest BCUT2D eigenvalue weighted by molar-refractivity contribution is 0.476. The van der Waals surface area contributed by atoms with Crippen molar-refractivity contribution in [3.8, 4) is 0 Å². The van der Waals surface area contributed by atoms with Crippen molar-refractivity contribution in [1.29, 1.82) is 0 Å². The number of nitrogens with one attached hydrogen (secondary N) is 1. The molecule has 0 aliphatic heterocycles. The molecule has 1 aliphatic rings. The van der Waals surface area contributed by atoms with Gasteiger partial charge in [-0.2, -0.15) is 0 Å². The van der Waals surface area contributed by atoms with E-state index in [4.69, 9.17) is 11.6 Å². The standard InChI is InChI=1S/C16H18ClN3/c1-11-18-9-8-15(20-11)10-19-16(12-2-3-12)13-4-6-14(17)7-5-13/h4-9,12,16,19H,2-3,10H2,1H3. The molecular weight excluding hydrogens is 270 g/mol. The van der Waals surface area contributed by atoms with Crippen molar-refractivity contribution >= 4 is 11.6 Å². The molecule has 1 atom stereocenters. The Kier molecular flexibility index (Phi) is 3.99. The SMILES string of the molecule is Cc1nccc(CNC(c2ccc(Cl)cc2)C2CC2)n1. The lowest BCUT2D eigenvalue weighted by atomic mass is 10.0. The van der Waals surface area contributed by atoms with Gasteiger partial charge in [0, 0.05) is 23.8 Å². The summed E-state index contributed by atoms with van der Waals surface area (Å²) < 4.78 is 0. The second-order valence-corrected chi connectivity index (χ2v) is 5.78. The van der Waals surface area contributed by atoms with Gasteiger partial charge in [0.2, 0.25) is 0 Å². The number of aryl methyl sites for hydroxylation is 1. The molecule has 4 heteroatoms. The summed E-state index contributed by atoms with van der Waals surface area (Å²) in [6.45, 7) is 2.69. The van der Waals surface area contributed by atoms with E-state index >= 15 is 0 Å². The van der Waals surface area contributed by atoms with Crippen LogP contribution in [0.15, 0.2) is 36.5 Å². The highest BCUT2D eigenvalue weighted by molar-refractivity contribution is 6.30. The molecule has 0 radical (unpaired) electrons. The number of aromatic nitrogens is 2. The van der Waals surface area contributed by atoms with E-state index in [9.17, 15) is 0 Å². The first-order valence-electron chi connectivity index (χ1n) is 7.00. The zero-order valence-electron chi connectivity index (χ0n) is 11.5. The van der Waals surface area contributed by atoms with E-state index in [0.717, 1.165) is 29.0 Å². The largest absolute Gasteiger partial charge is 0.304 e. The molecule has 1 heterocycles. The van der Waals surface area contributed by atoms with Gasteiger partial charge in [-0.25, -0.2) is 9.97 Å². The van der Waals surface area contributed by atoms with Crippen LogP contribution in [0, 0.1) is 12.8 Å². The van der Waals surface area contributed by atoms with E-state index in [-0.39, 0.29) is 0 Å². The quantitative estimate of drug-likeness (QED) is 0.911. The number of halogens is 1. The molecule has 1 fully saturated rings. The van der Waals surface area contributed by atoms with E-state index in [0.29, 0.717) is 6.04 Å². The van der Waals surface area contributed by atoms with Gasteiger partial charge in [-0.05, 0) is 49.4 Å². The Balaban J connectivity index is 1.70. The first kappa shape index (κ1) is 13.5. The van der Waals surface area contributed by atoms with Crippen LogP contribution in [0.3, 0.4) is 0 Å². The van der Waals surface area contributed by atoms with Crippen LogP contribution in [0.25, 0.3) is 0 Å². The average molecular weight is 288 g/mol. The molecule has 104 valence electrons. The van der Waals surface area contributed by atoms with Gasteiger partial charge in [0.1, 0.15) is 5.82 Å². The fraction of sp³-hybridized carbons (Fsp3) is 0.375. The van der Waals surface area contributed by atoms with Crippen molar-refractivity contribution in [3.05, 3.63) is 58.6 Å². The molecule has 1 aliphatic carbocycles. The zero-order chi connectivity index (χ0) is 13.9. The Labute approximate surface area is 124 Å². The van der Waals surface area contributed by atoms with Crippen LogP contribution < -0.4 is 5.32 Å². The minimum Gasteiger partial charge on any atom is -0.304 e. The van der Waals surface area contributed by atoms with Gasteiger partial charge in [-0.15, -0.1) is 0 Å². The summed E-state index contributed by atoms with van der Waals surface area (Å²) >= 11 is 5.96. The smallest absolute Gasteiger partial charge is 0.125 e. The molecule has 20 heavy (non-hydrogen) atoms. The van der Waals surface area contributed by atoms with Crippen LogP contribution in [-0.4, -0.2) is 9.97 Å². The van der Waals surface area contributed by atoms with E-state index in [1.165, 1.54) is 18.4 Å². The molecule has 0 saturated heterocycles. The minimum atomic E-state index is 0.391. The van der Waals surface area contributed by atoms with E-state index < -0.39 is 0 Å². The van der Waals surface area contributed by atoms with Crippen LogP contribution in [-0.2, 0) is 6.54 Å². The summed E-state index contributed by atoms with van der Waals surface area (Å²) in [6, 6.07) is 10.5. The summed E-state index contributed by atoms with van der Waals surface area (Å²) in [6.07, 6.45) is 4.40. The van der Waals surface area contributed by atoms with Gasteiger partial charge in [0.15, 0.2) is 0 Å². The highest BCUT2D eigenvalue weighted by Gasteiger charge is 2.31. The van der Waals surface area contributed by atoms with E-state index in [2.05, 4.69) is 27.4 Å². The topological polar surface area (TPSA) is 37.8 Å². The first-order valence-corrected chi connectivity index (χ1v) is 7.37. The third-order valence-electron chi connectivity index (χ3n) is 3.66. The summed E-state index contributed by atoms with van der Waals surface area (Å²) in [5.74, 6) is 1.55. The van der Waals surface area contributed by atoms with Gasteiger partial charge < -0.3 is 5.32 Å². The molecule has 1 unspecified atom stereocenters. The van der Waals surface area contributed by atoms with Gasteiger partial charge in [-0.3, -0.25) is 0 Å². The Hall–Kier alpha value is -1.45. The third-order valence-corrected chi connectivity index (χ3v) is 3.91. The highest BCUT2D eigenvalue weighted by Crippen LogP contribution is 2.41. The maximum Gasteiger partial charge on any atom is 0.125 e. The number of benzene rings is 1. The molecule has 1 saturated carbocycles. The molecule has 1 aromatic carbocycles. The number of hydrogen-bond donors (Lipinski definition) is 1. The Morgan fingerprint density at radius 3 is 2.65 bits per heavy atom. The van der Waals surface area contributed by atoms with Gasteiger partial charge in [0.25, 0.3) is 0 Å². The molecule has 0 amide bonds. The lowest BCUT2D eigenvalue weighted by Crippen LogP contribution is -2.23. The molecule has 1 N–H and O–H groups in total. The van der Waals surface area contributed by atoms with Crippen molar-refractivity contribution in [2.75, 3.05) is 0 Å².